The van der Waals surface area contributed by atoms with Crippen LogP contribution in [0.4, 0.5) is 0 Å². The molecular formula is C16H14Br2O3. The Labute approximate surface area is 140 Å². The Balaban J connectivity index is 1.97. The average Bonchev–Trinajstić information content (AvgIpc) is 2.40. The van der Waals surface area contributed by atoms with E-state index in [4.69, 9.17) is 9.47 Å². The number of carbonyl (C=O) groups excluding carboxylic acids is 1. The Morgan fingerprint density at radius 2 is 1.76 bits per heavy atom. The van der Waals surface area contributed by atoms with Crippen molar-refractivity contribution in [3.05, 3.63) is 56.5 Å². The average molecular weight is 414 g/mol. The van der Waals surface area contributed by atoms with E-state index in [1.807, 2.05) is 38.1 Å². The molecule has 0 radical (unpaired) electrons. The normalized spacial score (nSPS) is 10.3. The van der Waals surface area contributed by atoms with Gasteiger partial charge in [-0.15, -0.1) is 0 Å². The van der Waals surface area contributed by atoms with Crippen molar-refractivity contribution in [2.24, 2.45) is 0 Å². The van der Waals surface area contributed by atoms with Gasteiger partial charge in [-0.2, -0.15) is 0 Å². The molecule has 0 spiro atoms. The lowest BCUT2D eigenvalue weighted by Crippen LogP contribution is -2.18. The fourth-order valence-corrected chi connectivity index (χ4v) is 3.32. The molecule has 2 aromatic carbocycles. The summed E-state index contributed by atoms with van der Waals surface area (Å²) in [6, 6.07) is 11.1. The molecule has 0 N–H and O–H groups in total. The van der Waals surface area contributed by atoms with E-state index < -0.39 is 5.97 Å². The van der Waals surface area contributed by atoms with E-state index in [9.17, 15) is 4.79 Å². The minimum absolute atomic E-state index is 0.144. The Kier molecular flexibility index (Phi) is 5.42. The number of halogens is 2. The van der Waals surface area contributed by atoms with Crippen molar-refractivity contribution in [1.29, 1.82) is 0 Å². The molecule has 2 aromatic rings. The van der Waals surface area contributed by atoms with Gasteiger partial charge in [-0.1, -0.05) is 33.6 Å². The topological polar surface area (TPSA) is 35.5 Å². The van der Waals surface area contributed by atoms with Gasteiger partial charge < -0.3 is 9.47 Å². The first kappa shape index (κ1) is 16.0. The van der Waals surface area contributed by atoms with Gasteiger partial charge in [-0.05, 0) is 59.6 Å². The quantitative estimate of drug-likeness (QED) is 0.532. The van der Waals surface area contributed by atoms with Crippen molar-refractivity contribution in [2.75, 3.05) is 6.61 Å². The minimum atomic E-state index is -0.437. The highest BCUT2D eigenvalue weighted by molar-refractivity contribution is 9.11. The zero-order valence-corrected chi connectivity index (χ0v) is 14.8. The molecule has 5 heteroatoms. The van der Waals surface area contributed by atoms with E-state index in [1.54, 1.807) is 12.1 Å². The molecule has 0 unspecified atom stereocenters. The monoisotopic (exact) mass is 412 g/mol. The van der Waals surface area contributed by atoms with Gasteiger partial charge in [0.25, 0.3) is 0 Å². The number of esters is 1. The fraction of sp³-hybridized carbons (Fsp3) is 0.188. The summed E-state index contributed by atoms with van der Waals surface area (Å²) in [6.07, 6.45) is 0. The first-order valence-electron chi connectivity index (χ1n) is 6.31. The second-order valence-corrected chi connectivity index (χ2v) is 6.38. The number of hydrogen-bond acceptors (Lipinski definition) is 3. The highest BCUT2D eigenvalue weighted by atomic mass is 79.9. The smallest absolute Gasteiger partial charge is 0.349 e. The first-order valence-corrected chi connectivity index (χ1v) is 7.90. The summed E-state index contributed by atoms with van der Waals surface area (Å²) in [5.74, 6) is 0.716. The third-order valence-electron chi connectivity index (χ3n) is 2.78. The van der Waals surface area contributed by atoms with E-state index in [1.165, 1.54) is 0 Å². The molecule has 3 nitrogen and oxygen atoms in total. The molecule has 110 valence electrons. The Morgan fingerprint density at radius 1 is 1.10 bits per heavy atom. The van der Waals surface area contributed by atoms with Crippen LogP contribution in [0.2, 0.25) is 0 Å². The lowest BCUT2D eigenvalue weighted by atomic mass is 10.2. The maximum absolute atomic E-state index is 11.8. The molecule has 0 heterocycles. The first-order chi connectivity index (χ1) is 9.95. The summed E-state index contributed by atoms with van der Waals surface area (Å²) in [7, 11) is 0. The number of aryl methyl sites for hydroxylation is 2. The SMILES string of the molecule is Cc1ccc(OC(=O)COc2c(C)cc(Br)cc2Br)cc1. The van der Waals surface area contributed by atoms with E-state index >= 15 is 0 Å². The summed E-state index contributed by atoms with van der Waals surface area (Å²) < 4.78 is 12.5. The van der Waals surface area contributed by atoms with Gasteiger partial charge in [-0.3, -0.25) is 0 Å². The third-order valence-corrected chi connectivity index (χ3v) is 3.83. The van der Waals surface area contributed by atoms with Crippen LogP contribution in [0.15, 0.2) is 45.3 Å². The van der Waals surface area contributed by atoms with Crippen molar-refractivity contribution in [3.8, 4) is 11.5 Å². The van der Waals surface area contributed by atoms with Crippen molar-refractivity contribution in [2.45, 2.75) is 13.8 Å². The molecule has 21 heavy (non-hydrogen) atoms. The maximum atomic E-state index is 11.8. The molecule has 0 atom stereocenters. The molecule has 0 aliphatic rings. The van der Waals surface area contributed by atoms with Crippen molar-refractivity contribution in [3.63, 3.8) is 0 Å². The summed E-state index contributed by atoms with van der Waals surface area (Å²) >= 11 is 6.82. The van der Waals surface area contributed by atoms with Crippen LogP contribution < -0.4 is 9.47 Å². The van der Waals surface area contributed by atoms with Crippen LogP contribution in [0.3, 0.4) is 0 Å². The molecule has 0 saturated carbocycles. The lowest BCUT2D eigenvalue weighted by Gasteiger charge is -2.11. The van der Waals surface area contributed by atoms with Crippen LogP contribution in [0.5, 0.6) is 11.5 Å². The van der Waals surface area contributed by atoms with Gasteiger partial charge in [-0.25, -0.2) is 4.79 Å². The second-order valence-electron chi connectivity index (χ2n) is 4.61. The predicted molar refractivity (Wildman–Crippen MR) is 88.9 cm³/mol. The van der Waals surface area contributed by atoms with E-state index in [0.717, 1.165) is 20.1 Å². The van der Waals surface area contributed by atoms with E-state index in [2.05, 4.69) is 31.9 Å². The van der Waals surface area contributed by atoms with Crippen LogP contribution in [-0.4, -0.2) is 12.6 Å². The zero-order valence-electron chi connectivity index (χ0n) is 11.7. The number of benzene rings is 2. The Morgan fingerprint density at radius 3 is 2.38 bits per heavy atom. The highest BCUT2D eigenvalue weighted by Crippen LogP contribution is 2.32. The van der Waals surface area contributed by atoms with Gasteiger partial charge in [0, 0.05) is 4.47 Å². The zero-order chi connectivity index (χ0) is 15.4. The molecule has 0 aromatic heterocycles. The number of ether oxygens (including phenoxy) is 2. The second kappa shape index (κ2) is 7.09. The summed E-state index contributed by atoms with van der Waals surface area (Å²) in [5.41, 5.74) is 2.04. The van der Waals surface area contributed by atoms with Gasteiger partial charge in [0.15, 0.2) is 6.61 Å². The molecule has 0 fully saturated rings. The highest BCUT2D eigenvalue weighted by Gasteiger charge is 2.11. The van der Waals surface area contributed by atoms with Crippen molar-refractivity contribution < 1.29 is 14.3 Å². The van der Waals surface area contributed by atoms with Gasteiger partial charge in [0.1, 0.15) is 11.5 Å². The molecule has 0 saturated heterocycles. The van der Waals surface area contributed by atoms with Gasteiger partial charge in [0.2, 0.25) is 0 Å². The third kappa shape index (κ3) is 4.58. The van der Waals surface area contributed by atoms with Gasteiger partial charge >= 0.3 is 5.97 Å². The maximum Gasteiger partial charge on any atom is 0.349 e. The van der Waals surface area contributed by atoms with Crippen LogP contribution in [-0.2, 0) is 4.79 Å². The standard InChI is InChI=1S/C16H14Br2O3/c1-10-3-5-13(6-4-10)21-15(19)9-20-16-11(2)7-12(17)8-14(16)18/h3-8H,9H2,1-2H3. The number of hydrogen-bond donors (Lipinski definition) is 0. The molecule has 0 aliphatic carbocycles. The van der Waals surface area contributed by atoms with Crippen molar-refractivity contribution in [1.82, 2.24) is 0 Å². The number of rotatable bonds is 4. The molecule has 0 aliphatic heterocycles. The van der Waals surface area contributed by atoms with Crippen molar-refractivity contribution >= 4 is 37.8 Å². The summed E-state index contributed by atoms with van der Waals surface area (Å²) in [5, 5.41) is 0. The fourth-order valence-electron chi connectivity index (χ4n) is 1.77. The minimum Gasteiger partial charge on any atom is -0.480 e. The van der Waals surface area contributed by atoms with Crippen LogP contribution in [0, 0.1) is 13.8 Å². The van der Waals surface area contributed by atoms with E-state index in [-0.39, 0.29) is 6.61 Å². The summed E-state index contributed by atoms with van der Waals surface area (Å²) in [6.45, 7) is 3.74. The Hall–Kier alpha value is -1.33. The summed E-state index contributed by atoms with van der Waals surface area (Å²) in [4.78, 5) is 11.8. The molecule has 0 bridgehead atoms. The lowest BCUT2D eigenvalue weighted by molar-refractivity contribution is -0.136. The molecular weight excluding hydrogens is 400 g/mol. The molecule has 2 rings (SSSR count). The van der Waals surface area contributed by atoms with Gasteiger partial charge in [0.05, 0.1) is 4.47 Å². The van der Waals surface area contributed by atoms with Crippen LogP contribution in [0.25, 0.3) is 0 Å². The van der Waals surface area contributed by atoms with Crippen LogP contribution in [0.1, 0.15) is 11.1 Å². The molecule has 0 amide bonds. The number of carbonyl (C=O) groups is 1. The van der Waals surface area contributed by atoms with E-state index in [0.29, 0.717) is 11.5 Å². The Bertz CT molecular complexity index is 628. The largest absolute Gasteiger partial charge is 0.480 e. The van der Waals surface area contributed by atoms with Crippen LogP contribution >= 0.6 is 31.9 Å². The predicted octanol–water partition coefficient (Wildman–Crippen LogP) is 4.81.